The van der Waals surface area contributed by atoms with Crippen molar-refractivity contribution in [3.63, 3.8) is 0 Å². The molecule has 336 valence electrons. The SMILES string of the molecule is O=C(NCCCSSCCCNC(=O)NC1CCC(CCN2[C@@H]3CC[C@H]2c2ccccc23)CC1)NC1CCC(CCN2[C@@H]3CC[C@H]2c2ccccc23)CC1.O=C(O)C(F)(F)F. The number of urea groups is 2. The van der Waals surface area contributed by atoms with Crippen molar-refractivity contribution in [2.24, 2.45) is 11.8 Å². The van der Waals surface area contributed by atoms with Gasteiger partial charge in [0.1, 0.15) is 0 Å². The van der Waals surface area contributed by atoms with E-state index in [0.717, 1.165) is 61.9 Å². The highest BCUT2D eigenvalue weighted by Crippen LogP contribution is 2.54. The number of nitrogens with zero attached hydrogens (tertiary/aromatic N) is 2. The Hall–Kier alpha value is -3.14. The van der Waals surface area contributed by atoms with Crippen LogP contribution in [0.2, 0.25) is 0 Å². The summed E-state index contributed by atoms with van der Waals surface area (Å²) in [6.45, 7) is 3.87. The molecule has 4 heterocycles. The van der Waals surface area contributed by atoms with E-state index >= 15 is 0 Å². The van der Waals surface area contributed by atoms with Crippen LogP contribution in [-0.2, 0) is 4.79 Å². The van der Waals surface area contributed by atoms with Crippen molar-refractivity contribution in [2.45, 2.75) is 145 Å². The lowest BCUT2D eigenvalue weighted by atomic mass is 9.84. The molecule has 0 unspecified atom stereocenters. The Morgan fingerprint density at radius 2 is 0.902 bits per heavy atom. The number of nitrogens with one attached hydrogen (secondary N) is 4. The van der Waals surface area contributed by atoms with E-state index in [2.05, 4.69) is 79.6 Å². The van der Waals surface area contributed by atoms with Gasteiger partial charge in [-0.05, 0) is 150 Å². The summed E-state index contributed by atoms with van der Waals surface area (Å²) >= 11 is 0. The van der Waals surface area contributed by atoms with Gasteiger partial charge in [-0.3, -0.25) is 9.80 Å². The van der Waals surface area contributed by atoms with E-state index in [1.165, 1.54) is 77.3 Å². The molecule has 15 heteroatoms. The van der Waals surface area contributed by atoms with Crippen molar-refractivity contribution in [3.8, 4) is 0 Å². The van der Waals surface area contributed by atoms with Gasteiger partial charge < -0.3 is 26.4 Å². The van der Waals surface area contributed by atoms with Crippen molar-refractivity contribution >= 4 is 39.6 Å². The Balaban J connectivity index is 0.000000739. The fourth-order valence-electron chi connectivity index (χ4n) is 11.0. The van der Waals surface area contributed by atoms with Gasteiger partial charge in [-0.1, -0.05) is 70.1 Å². The van der Waals surface area contributed by atoms with E-state index in [-0.39, 0.29) is 12.1 Å². The van der Waals surface area contributed by atoms with Gasteiger partial charge in [-0.25, -0.2) is 14.4 Å². The quantitative estimate of drug-likeness (QED) is 0.0786. The minimum atomic E-state index is -5.08. The number of carboxylic acids is 1. The van der Waals surface area contributed by atoms with E-state index in [1.54, 1.807) is 22.3 Å². The molecule has 61 heavy (non-hydrogen) atoms. The van der Waals surface area contributed by atoms with Crippen molar-refractivity contribution < 1.29 is 32.7 Å². The second-order valence-corrected chi connectivity index (χ2v) is 20.6. The monoisotopic (exact) mass is 886 g/mol. The summed E-state index contributed by atoms with van der Waals surface area (Å²) in [7, 11) is 3.73. The number of halogens is 3. The lowest BCUT2D eigenvalue weighted by molar-refractivity contribution is -0.192. The first-order chi connectivity index (χ1) is 29.5. The summed E-state index contributed by atoms with van der Waals surface area (Å²) in [5.41, 5.74) is 6.33. The van der Waals surface area contributed by atoms with Crippen LogP contribution in [0, 0.1) is 11.8 Å². The molecule has 4 bridgehead atoms. The first kappa shape index (κ1) is 45.9. The predicted octanol–water partition coefficient (Wildman–Crippen LogP) is 10.1. The third-order valence-electron chi connectivity index (χ3n) is 14.1. The van der Waals surface area contributed by atoms with Crippen molar-refractivity contribution in [3.05, 3.63) is 70.8 Å². The maximum Gasteiger partial charge on any atom is 0.490 e. The van der Waals surface area contributed by atoms with Crippen LogP contribution in [0.3, 0.4) is 0 Å². The molecule has 2 aromatic carbocycles. The molecule has 0 spiro atoms. The minimum Gasteiger partial charge on any atom is -0.475 e. The highest BCUT2D eigenvalue weighted by Gasteiger charge is 2.44. The van der Waals surface area contributed by atoms with Gasteiger partial charge in [0.05, 0.1) is 0 Å². The highest BCUT2D eigenvalue weighted by atomic mass is 33.1. The van der Waals surface area contributed by atoms with E-state index in [9.17, 15) is 22.8 Å². The maximum atomic E-state index is 12.5. The largest absolute Gasteiger partial charge is 0.490 e. The minimum absolute atomic E-state index is 0.00405. The van der Waals surface area contributed by atoms with E-state index in [1.807, 2.05) is 21.6 Å². The number of benzene rings is 2. The number of hydrogen-bond acceptors (Lipinski definition) is 7. The third-order valence-corrected chi connectivity index (χ3v) is 16.7. The van der Waals surface area contributed by atoms with Crippen LogP contribution in [0.4, 0.5) is 22.8 Å². The summed E-state index contributed by atoms with van der Waals surface area (Å²) in [6.07, 6.45) is 14.0. The molecular formula is C46H65F3N6O4S2. The Labute approximate surface area is 367 Å². The Kier molecular flexibility index (Phi) is 16.5. The number of aliphatic carboxylic acids is 1. The Bertz CT molecular complexity index is 1580. The number of amides is 4. The summed E-state index contributed by atoms with van der Waals surface area (Å²) in [5, 5.41) is 19.8. The zero-order valence-electron chi connectivity index (χ0n) is 35.3. The zero-order valence-corrected chi connectivity index (χ0v) is 36.9. The fraction of sp³-hybridized carbons (Fsp3) is 0.674. The molecule has 4 amide bonds. The van der Waals surface area contributed by atoms with Gasteiger partial charge in [-0.15, -0.1) is 0 Å². The van der Waals surface area contributed by atoms with Crippen LogP contribution in [-0.4, -0.2) is 88.9 Å². The third kappa shape index (κ3) is 12.3. The molecule has 4 atom stereocenters. The van der Waals surface area contributed by atoms with Crippen molar-refractivity contribution in [1.82, 2.24) is 31.1 Å². The number of carboxylic acid groups (broad SMARTS) is 1. The molecule has 0 aromatic heterocycles. The summed E-state index contributed by atoms with van der Waals surface area (Å²) in [6, 6.07) is 21.4. The standard InChI is InChI=1S/C44H64N6O2S2.C2HF3O2/c51-43(47-33-15-11-31(12-16-33)23-27-49-39-19-20-40(49)36-8-2-1-7-35(36)39)45-25-5-29-53-54-30-6-26-46-44(52)48-34-17-13-32(14-18-34)24-28-50-41-21-22-42(50)38-10-4-3-9-37(38)41;3-2(4,5)1(6)7/h1-4,7-10,31-34,39-42H,5-6,11-30H2,(H2,45,47,51)(H2,46,48,52);(H,6,7)/t31?,32?,33?,34?,39-,40+,41-,42+;. The van der Waals surface area contributed by atoms with E-state index in [0.29, 0.717) is 49.3 Å². The van der Waals surface area contributed by atoms with Gasteiger partial charge >= 0.3 is 24.2 Å². The van der Waals surface area contributed by atoms with Crippen LogP contribution in [0.15, 0.2) is 48.5 Å². The molecule has 6 aliphatic rings. The summed E-state index contributed by atoms with van der Waals surface area (Å²) < 4.78 is 31.7. The molecule has 4 aliphatic heterocycles. The molecular weight excluding hydrogens is 822 g/mol. The topological polar surface area (TPSA) is 126 Å². The molecule has 2 aliphatic carbocycles. The second kappa shape index (κ2) is 22.0. The van der Waals surface area contributed by atoms with Crippen LogP contribution >= 0.6 is 21.6 Å². The van der Waals surface area contributed by atoms with Crippen LogP contribution in [0.25, 0.3) is 0 Å². The average Bonchev–Trinajstić information content (AvgIpc) is 4.02. The lowest BCUT2D eigenvalue weighted by Gasteiger charge is -2.31. The molecule has 5 N–H and O–H groups in total. The second-order valence-electron chi connectivity index (χ2n) is 17.9. The van der Waals surface area contributed by atoms with E-state index in [4.69, 9.17) is 9.90 Å². The maximum absolute atomic E-state index is 12.5. The van der Waals surface area contributed by atoms with Crippen molar-refractivity contribution in [1.29, 1.82) is 0 Å². The predicted molar refractivity (Wildman–Crippen MR) is 237 cm³/mol. The van der Waals surface area contributed by atoms with E-state index < -0.39 is 12.1 Å². The molecule has 2 saturated carbocycles. The fourth-order valence-corrected chi connectivity index (χ4v) is 13.2. The molecule has 0 radical (unpaired) electrons. The number of alkyl halides is 3. The lowest BCUT2D eigenvalue weighted by Crippen LogP contribution is -2.44. The first-order valence-electron chi connectivity index (χ1n) is 22.9. The van der Waals surface area contributed by atoms with Gasteiger partial charge in [0.25, 0.3) is 0 Å². The van der Waals surface area contributed by atoms with Crippen LogP contribution in [0.1, 0.15) is 149 Å². The summed E-state index contributed by atoms with van der Waals surface area (Å²) in [5.74, 6) is 0.855. The van der Waals surface area contributed by atoms with Gasteiger partial charge in [0, 0.05) is 60.8 Å². The Morgan fingerprint density at radius 3 is 1.21 bits per heavy atom. The molecule has 2 aromatic rings. The molecule has 2 saturated heterocycles. The number of carbonyl (C=O) groups excluding carboxylic acids is 2. The normalized spacial score (nSPS) is 27.7. The van der Waals surface area contributed by atoms with Crippen LogP contribution in [0.5, 0.6) is 0 Å². The number of fused-ring (bicyclic) bond motifs is 10. The van der Waals surface area contributed by atoms with Crippen molar-refractivity contribution in [2.75, 3.05) is 37.7 Å². The Morgan fingerprint density at radius 1 is 0.574 bits per heavy atom. The number of rotatable bonds is 17. The van der Waals surface area contributed by atoms with Gasteiger partial charge in [0.15, 0.2) is 0 Å². The average molecular weight is 887 g/mol. The van der Waals surface area contributed by atoms with Gasteiger partial charge in [-0.2, -0.15) is 13.2 Å². The first-order valence-corrected chi connectivity index (χ1v) is 25.4. The van der Waals surface area contributed by atoms with Gasteiger partial charge in [0.2, 0.25) is 0 Å². The molecule has 8 rings (SSSR count). The molecule has 10 nitrogen and oxygen atoms in total. The van der Waals surface area contributed by atoms with Crippen LogP contribution < -0.4 is 21.3 Å². The number of hydrogen-bond donors (Lipinski definition) is 5. The highest BCUT2D eigenvalue weighted by molar-refractivity contribution is 8.76. The smallest absolute Gasteiger partial charge is 0.475 e. The zero-order chi connectivity index (χ0) is 42.8. The molecule has 4 fully saturated rings. The summed E-state index contributed by atoms with van der Waals surface area (Å²) in [4.78, 5) is 39.5. The number of carbonyl (C=O) groups is 3.